The van der Waals surface area contributed by atoms with Crippen molar-refractivity contribution < 1.29 is 18.0 Å². The van der Waals surface area contributed by atoms with E-state index in [0.29, 0.717) is 17.8 Å². The zero-order valence-corrected chi connectivity index (χ0v) is 11.6. The number of rotatable bonds is 4. The fraction of sp³-hybridized carbons (Fsp3) is 0.667. The van der Waals surface area contributed by atoms with Crippen LogP contribution in [0.2, 0.25) is 0 Å². The number of nitrogens with zero attached hydrogens (tertiary/aromatic N) is 1. The van der Waals surface area contributed by atoms with E-state index in [1.165, 1.54) is 16.7 Å². The molecule has 20 heavy (non-hydrogen) atoms. The summed E-state index contributed by atoms with van der Waals surface area (Å²) in [5.41, 5.74) is 5.37. The minimum atomic E-state index is -4.43. The third-order valence-corrected chi connectivity index (χ3v) is 4.34. The third-order valence-electron chi connectivity index (χ3n) is 3.47. The first-order chi connectivity index (χ1) is 9.41. The summed E-state index contributed by atoms with van der Waals surface area (Å²) in [6, 6.07) is -1.79. The maximum absolute atomic E-state index is 13.1. The number of nitrogens with one attached hydrogen (secondary N) is 1. The minimum Gasteiger partial charge on any atom is -0.339 e. The molecule has 112 valence electrons. The Morgan fingerprint density at radius 3 is 2.65 bits per heavy atom. The SMILES string of the molecule is NCc1nc(C(=O)NC(C2CCCC2)C(F)(F)F)cs1. The Bertz CT molecular complexity index is 469. The minimum absolute atomic E-state index is 0.00250. The lowest BCUT2D eigenvalue weighted by atomic mass is 9.97. The molecule has 0 spiro atoms. The van der Waals surface area contributed by atoms with E-state index < -0.39 is 24.0 Å². The van der Waals surface area contributed by atoms with Gasteiger partial charge in [0.15, 0.2) is 0 Å². The molecule has 4 nitrogen and oxygen atoms in total. The van der Waals surface area contributed by atoms with Crippen LogP contribution in [0.3, 0.4) is 0 Å². The second-order valence-electron chi connectivity index (χ2n) is 4.87. The van der Waals surface area contributed by atoms with Crippen molar-refractivity contribution in [3.8, 4) is 0 Å². The maximum atomic E-state index is 13.1. The first-order valence-corrected chi connectivity index (χ1v) is 7.32. The number of halogens is 3. The van der Waals surface area contributed by atoms with Crippen molar-refractivity contribution in [2.75, 3.05) is 0 Å². The van der Waals surface area contributed by atoms with Crippen molar-refractivity contribution in [1.82, 2.24) is 10.3 Å². The smallest absolute Gasteiger partial charge is 0.339 e. The van der Waals surface area contributed by atoms with Crippen molar-refractivity contribution in [2.45, 2.75) is 44.4 Å². The van der Waals surface area contributed by atoms with E-state index in [2.05, 4.69) is 10.3 Å². The van der Waals surface area contributed by atoms with Crippen LogP contribution < -0.4 is 11.1 Å². The monoisotopic (exact) mass is 307 g/mol. The average molecular weight is 307 g/mol. The molecular formula is C12H16F3N3OS. The van der Waals surface area contributed by atoms with Gasteiger partial charge in [-0.05, 0) is 18.8 Å². The van der Waals surface area contributed by atoms with E-state index in [-0.39, 0.29) is 12.2 Å². The molecule has 8 heteroatoms. The van der Waals surface area contributed by atoms with E-state index in [0.717, 1.165) is 12.8 Å². The normalized spacial score (nSPS) is 18.2. The van der Waals surface area contributed by atoms with Crippen molar-refractivity contribution >= 4 is 17.2 Å². The predicted molar refractivity (Wildman–Crippen MR) is 69.3 cm³/mol. The van der Waals surface area contributed by atoms with Crippen molar-refractivity contribution in [3.05, 3.63) is 16.1 Å². The number of alkyl halides is 3. The van der Waals surface area contributed by atoms with Crippen LogP contribution in [0.1, 0.15) is 41.2 Å². The van der Waals surface area contributed by atoms with Gasteiger partial charge in [-0.2, -0.15) is 13.2 Å². The molecule has 1 unspecified atom stereocenters. The van der Waals surface area contributed by atoms with Crippen LogP contribution in [-0.4, -0.2) is 23.1 Å². The van der Waals surface area contributed by atoms with Crippen LogP contribution in [0.4, 0.5) is 13.2 Å². The second kappa shape index (κ2) is 6.09. The largest absolute Gasteiger partial charge is 0.408 e. The van der Waals surface area contributed by atoms with Gasteiger partial charge in [-0.1, -0.05) is 12.8 Å². The van der Waals surface area contributed by atoms with Crippen molar-refractivity contribution in [1.29, 1.82) is 0 Å². The number of hydrogen-bond donors (Lipinski definition) is 2. The third kappa shape index (κ3) is 3.49. The molecule has 1 amide bonds. The number of thiazole rings is 1. The molecule has 0 bridgehead atoms. The number of carbonyl (C=O) groups excluding carboxylic acids is 1. The van der Waals surface area contributed by atoms with Gasteiger partial charge >= 0.3 is 6.18 Å². The fourth-order valence-electron chi connectivity index (χ4n) is 2.48. The Morgan fingerprint density at radius 1 is 1.50 bits per heavy atom. The van der Waals surface area contributed by atoms with Gasteiger partial charge in [-0.3, -0.25) is 4.79 Å². The zero-order valence-electron chi connectivity index (χ0n) is 10.7. The van der Waals surface area contributed by atoms with E-state index in [1.807, 2.05) is 0 Å². The van der Waals surface area contributed by atoms with Gasteiger partial charge in [0, 0.05) is 11.9 Å². The van der Waals surface area contributed by atoms with Gasteiger partial charge in [0.2, 0.25) is 0 Å². The summed E-state index contributed by atoms with van der Waals surface area (Å²) in [7, 11) is 0. The first-order valence-electron chi connectivity index (χ1n) is 6.44. The highest BCUT2D eigenvalue weighted by Crippen LogP contribution is 2.35. The van der Waals surface area contributed by atoms with E-state index >= 15 is 0 Å². The molecule has 1 fully saturated rings. The quantitative estimate of drug-likeness (QED) is 0.898. The molecule has 0 aromatic carbocycles. The number of amides is 1. The lowest BCUT2D eigenvalue weighted by Gasteiger charge is -2.26. The summed E-state index contributed by atoms with van der Waals surface area (Å²) in [5.74, 6) is -1.32. The first kappa shape index (κ1) is 15.2. The van der Waals surface area contributed by atoms with Gasteiger partial charge in [0.1, 0.15) is 16.7 Å². The Hall–Kier alpha value is -1.15. The number of hydrogen-bond acceptors (Lipinski definition) is 4. The Morgan fingerprint density at radius 2 is 2.15 bits per heavy atom. The average Bonchev–Trinajstić information content (AvgIpc) is 3.04. The highest BCUT2D eigenvalue weighted by Gasteiger charge is 2.46. The van der Waals surface area contributed by atoms with Gasteiger partial charge in [-0.15, -0.1) is 11.3 Å². The number of aromatic nitrogens is 1. The zero-order chi connectivity index (χ0) is 14.8. The lowest BCUT2D eigenvalue weighted by Crippen LogP contribution is -2.49. The van der Waals surface area contributed by atoms with E-state index in [4.69, 9.17) is 5.73 Å². The lowest BCUT2D eigenvalue weighted by molar-refractivity contribution is -0.164. The standard InChI is InChI=1S/C12H16F3N3OS/c13-12(14,15)10(7-3-1-2-4-7)18-11(19)8-6-20-9(5-16)17-8/h6-7,10H,1-5,16H2,(H,18,19). The molecule has 1 atom stereocenters. The van der Waals surface area contributed by atoms with Crippen LogP contribution in [0.25, 0.3) is 0 Å². The summed E-state index contributed by atoms with van der Waals surface area (Å²) in [4.78, 5) is 15.8. The van der Waals surface area contributed by atoms with Gasteiger partial charge in [0.05, 0.1) is 0 Å². The second-order valence-corrected chi connectivity index (χ2v) is 5.81. The summed E-state index contributed by atoms with van der Waals surface area (Å²) in [6.45, 7) is 0.170. The molecular weight excluding hydrogens is 291 g/mol. The van der Waals surface area contributed by atoms with E-state index in [9.17, 15) is 18.0 Å². The molecule has 0 radical (unpaired) electrons. The summed E-state index contributed by atoms with van der Waals surface area (Å²) in [5, 5.41) is 4.05. The maximum Gasteiger partial charge on any atom is 0.408 e. The number of carbonyl (C=O) groups is 1. The Labute approximate surface area is 118 Å². The van der Waals surface area contributed by atoms with Crippen LogP contribution >= 0.6 is 11.3 Å². The number of nitrogens with two attached hydrogens (primary N) is 1. The highest BCUT2D eigenvalue weighted by atomic mass is 32.1. The molecule has 1 heterocycles. The molecule has 3 N–H and O–H groups in total. The molecule has 1 aromatic rings. The molecule has 1 aromatic heterocycles. The van der Waals surface area contributed by atoms with Crippen LogP contribution in [-0.2, 0) is 6.54 Å². The van der Waals surface area contributed by atoms with Gasteiger partial charge < -0.3 is 11.1 Å². The van der Waals surface area contributed by atoms with Gasteiger partial charge in [-0.25, -0.2) is 4.98 Å². The highest BCUT2D eigenvalue weighted by molar-refractivity contribution is 7.09. The van der Waals surface area contributed by atoms with Gasteiger partial charge in [0.25, 0.3) is 5.91 Å². The van der Waals surface area contributed by atoms with E-state index in [1.54, 1.807) is 0 Å². The Kier molecular flexibility index (Phi) is 4.64. The molecule has 1 aliphatic carbocycles. The summed E-state index contributed by atoms with van der Waals surface area (Å²) < 4.78 is 39.2. The summed E-state index contributed by atoms with van der Waals surface area (Å²) in [6.07, 6.45) is -1.88. The topological polar surface area (TPSA) is 68.0 Å². The van der Waals surface area contributed by atoms with Crippen LogP contribution in [0.15, 0.2) is 5.38 Å². The molecule has 1 saturated carbocycles. The molecule has 0 saturated heterocycles. The van der Waals surface area contributed by atoms with Crippen molar-refractivity contribution in [2.24, 2.45) is 11.7 Å². The fourth-order valence-corrected chi connectivity index (χ4v) is 3.14. The molecule has 0 aliphatic heterocycles. The molecule has 2 rings (SSSR count). The van der Waals surface area contributed by atoms with Crippen LogP contribution in [0.5, 0.6) is 0 Å². The predicted octanol–water partition coefficient (Wildman–Crippen LogP) is 2.45. The van der Waals surface area contributed by atoms with Crippen molar-refractivity contribution in [3.63, 3.8) is 0 Å². The summed E-state index contributed by atoms with van der Waals surface area (Å²) >= 11 is 1.17. The molecule has 1 aliphatic rings. The Balaban J connectivity index is 2.08. The van der Waals surface area contributed by atoms with Crippen LogP contribution in [0, 0.1) is 5.92 Å².